The molecule has 124 valence electrons. The van der Waals surface area contributed by atoms with Gasteiger partial charge in [-0.2, -0.15) is 4.98 Å². The standard InChI is InChI=1S/C15H16N6O2S/c1-9-4-6-24-13(9)15(22)20-5-3-11(7-20)21-8-12(17-19-21)14-16-10(2)18-23-14/h4,6,8,11H,3,5,7H2,1-2H3/t11-/m0/s1. The first kappa shape index (κ1) is 15.0. The maximum Gasteiger partial charge on any atom is 0.280 e. The molecule has 0 saturated carbocycles. The SMILES string of the molecule is Cc1noc(-c2cn([C@H]3CCN(C(=O)c4sccc4C)C3)nn2)n1. The molecular formula is C15H16N6O2S. The third-order valence-electron chi connectivity index (χ3n) is 4.14. The number of carbonyl (C=O) groups excluding carboxylic acids is 1. The summed E-state index contributed by atoms with van der Waals surface area (Å²) in [6.07, 6.45) is 2.64. The summed E-state index contributed by atoms with van der Waals surface area (Å²) in [5.74, 6) is 1.01. The van der Waals surface area contributed by atoms with E-state index in [-0.39, 0.29) is 11.9 Å². The van der Waals surface area contributed by atoms with Gasteiger partial charge >= 0.3 is 0 Å². The molecule has 0 aromatic carbocycles. The van der Waals surface area contributed by atoms with Crippen LogP contribution in [0.25, 0.3) is 11.6 Å². The Morgan fingerprint density at radius 2 is 2.29 bits per heavy atom. The Kier molecular flexibility index (Phi) is 3.64. The number of hydrogen-bond acceptors (Lipinski definition) is 7. The number of likely N-dealkylation sites (tertiary alicyclic amines) is 1. The maximum absolute atomic E-state index is 12.6. The molecule has 3 aromatic rings. The van der Waals surface area contributed by atoms with Crippen molar-refractivity contribution in [2.24, 2.45) is 0 Å². The second-order valence-corrected chi connectivity index (χ2v) is 6.77. The summed E-state index contributed by atoms with van der Waals surface area (Å²) in [7, 11) is 0. The first-order valence-electron chi connectivity index (χ1n) is 7.67. The van der Waals surface area contributed by atoms with Crippen LogP contribution in [-0.4, -0.2) is 49.0 Å². The van der Waals surface area contributed by atoms with Crippen LogP contribution in [-0.2, 0) is 0 Å². The van der Waals surface area contributed by atoms with Crippen molar-refractivity contribution in [2.75, 3.05) is 13.1 Å². The van der Waals surface area contributed by atoms with Crippen LogP contribution >= 0.6 is 11.3 Å². The molecule has 24 heavy (non-hydrogen) atoms. The van der Waals surface area contributed by atoms with E-state index in [1.165, 1.54) is 11.3 Å². The van der Waals surface area contributed by atoms with Gasteiger partial charge in [0, 0.05) is 13.1 Å². The number of rotatable bonds is 3. The van der Waals surface area contributed by atoms with E-state index < -0.39 is 0 Å². The smallest absolute Gasteiger partial charge is 0.280 e. The number of thiophene rings is 1. The third-order valence-corrected chi connectivity index (χ3v) is 5.14. The average molecular weight is 344 g/mol. The fraction of sp³-hybridized carbons (Fsp3) is 0.400. The van der Waals surface area contributed by atoms with Crippen LogP contribution in [0.3, 0.4) is 0 Å². The predicted octanol–water partition coefficient (Wildman–Crippen LogP) is 2.09. The van der Waals surface area contributed by atoms with Gasteiger partial charge in [0.25, 0.3) is 11.8 Å². The second kappa shape index (κ2) is 5.82. The molecule has 0 N–H and O–H groups in total. The van der Waals surface area contributed by atoms with E-state index in [2.05, 4.69) is 20.5 Å². The van der Waals surface area contributed by atoms with E-state index in [1.807, 2.05) is 23.3 Å². The second-order valence-electron chi connectivity index (χ2n) is 5.86. The zero-order chi connectivity index (χ0) is 16.7. The fourth-order valence-electron chi connectivity index (χ4n) is 2.83. The molecule has 9 heteroatoms. The molecule has 0 bridgehead atoms. The Morgan fingerprint density at radius 1 is 1.42 bits per heavy atom. The number of hydrogen-bond donors (Lipinski definition) is 0. The summed E-state index contributed by atoms with van der Waals surface area (Å²) in [4.78, 5) is 19.4. The van der Waals surface area contributed by atoms with Crippen LogP contribution in [0.5, 0.6) is 0 Å². The summed E-state index contributed by atoms with van der Waals surface area (Å²) >= 11 is 1.49. The van der Waals surface area contributed by atoms with E-state index in [9.17, 15) is 4.79 Å². The lowest BCUT2D eigenvalue weighted by molar-refractivity contribution is 0.0791. The van der Waals surface area contributed by atoms with Gasteiger partial charge in [-0.1, -0.05) is 10.4 Å². The van der Waals surface area contributed by atoms with Crippen molar-refractivity contribution < 1.29 is 9.32 Å². The van der Waals surface area contributed by atoms with E-state index in [0.717, 1.165) is 23.4 Å². The lowest BCUT2D eigenvalue weighted by atomic mass is 10.2. The van der Waals surface area contributed by atoms with Crippen molar-refractivity contribution >= 4 is 17.2 Å². The zero-order valence-corrected chi connectivity index (χ0v) is 14.2. The van der Waals surface area contributed by atoms with Crippen molar-refractivity contribution in [3.05, 3.63) is 33.9 Å². The monoisotopic (exact) mass is 344 g/mol. The third kappa shape index (κ3) is 2.60. The van der Waals surface area contributed by atoms with Crippen LogP contribution in [0.2, 0.25) is 0 Å². The Labute approximate surface area is 142 Å². The Bertz CT molecular complexity index is 882. The molecule has 0 spiro atoms. The summed E-state index contributed by atoms with van der Waals surface area (Å²) < 4.78 is 6.89. The number of aryl methyl sites for hydroxylation is 2. The highest BCUT2D eigenvalue weighted by Crippen LogP contribution is 2.26. The van der Waals surface area contributed by atoms with E-state index in [4.69, 9.17) is 4.52 Å². The predicted molar refractivity (Wildman–Crippen MR) is 86.7 cm³/mol. The minimum atomic E-state index is 0.0952. The van der Waals surface area contributed by atoms with Gasteiger partial charge < -0.3 is 9.42 Å². The minimum absolute atomic E-state index is 0.0952. The highest BCUT2D eigenvalue weighted by Gasteiger charge is 2.30. The largest absolute Gasteiger partial charge is 0.336 e. The number of carbonyl (C=O) groups is 1. The minimum Gasteiger partial charge on any atom is -0.336 e. The van der Waals surface area contributed by atoms with Gasteiger partial charge in [0.1, 0.15) is 0 Å². The van der Waals surface area contributed by atoms with E-state index in [0.29, 0.717) is 24.0 Å². The van der Waals surface area contributed by atoms with Crippen LogP contribution in [0.4, 0.5) is 0 Å². The van der Waals surface area contributed by atoms with Crippen molar-refractivity contribution in [3.8, 4) is 11.6 Å². The first-order chi connectivity index (χ1) is 11.6. The zero-order valence-electron chi connectivity index (χ0n) is 13.3. The van der Waals surface area contributed by atoms with Crippen LogP contribution in [0.15, 0.2) is 22.2 Å². The van der Waals surface area contributed by atoms with Gasteiger partial charge in [0.05, 0.1) is 17.1 Å². The highest BCUT2D eigenvalue weighted by molar-refractivity contribution is 7.12. The molecule has 0 aliphatic carbocycles. The molecular weight excluding hydrogens is 328 g/mol. The van der Waals surface area contributed by atoms with E-state index in [1.54, 1.807) is 17.8 Å². The Balaban J connectivity index is 1.48. The topological polar surface area (TPSA) is 89.9 Å². The number of aromatic nitrogens is 5. The Morgan fingerprint density at radius 3 is 3.00 bits per heavy atom. The summed E-state index contributed by atoms with van der Waals surface area (Å²) in [6, 6.07) is 2.08. The summed E-state index contributed by atoms with van der Waals surface area (Å²) in [5, 5.41) is 14.0. The molecule has 1 saturated heterocycles. The maximum atomic E-state index is 12.6. The number of amides is 1. The molecule has 1 aliphatic rings. The summed E-state index contributed by atoms with van der Waals surface area (Å²) in [5.41, 5.74) is 1.58. The van der Waals surface area contributed by atoms with Gasteiger partial charge in [-0.05, 0) is 37.3 Å². The van der Waals surface area contributed by atoms with Crippen LogP contribution in [0, 0.1) is 13.8 Å². The van der Waals surface area contributed by atoms with Gasteiger partial charge in [0.2, 0.25) is 0 Å². The van der Waals surface area contributed by atoms with Crippen LogP contribution < -0.4 is 0 Å². The quantitative estimate of drug-likeness (QED) is 0.723. The average Bonchev–Trinajstić information content (AvgIpc) is 3.33. The molecule has 1 aliphatic heterocycles. The van der Waals surface area contributed by atoms with Crippen molar-refractivity contribution in [3.63, 3.8) is 0 Å². The molecule has 4 heterocycles. The van der Waals surface area contributed by atoms with Crippen molar-refractivity contribution in [1.82, 2.24) is 30.0 Å². The van der Waals surface area contributed by atoms with Gasteiger partial charge in [-0.3, -0.25) is 4.79 Å². The molecule has 4 rings (SSSR count). The number of nitrogens with zero attached hydrogens (tertiary/aromatic N) is 6. The fourth-order valence-corrected chi connectivity index (χ4v) is 3.72. The molecule has 0 unspecified atom stereocenters. The van der Waals surface area contributed by atoms with Crippen molar-refractivity contribution in [2.45, 2.75) is 26.3 Å². The molecule has 3 aromatic heterocycles. The Hall–Kier alpha value is -2.55. The van der Waals surface area contributed by atoms with E-state index >= 15 is 0 Å². The molecule has 1 fully saturated rings. The lowest BCUT2D eigenvalue weighted by Crippen LogP contribution is -2.29. The lowest BCUT2D eigenvalue weighted by Gasteiger charge is -2.16. The summed E-state index contributed by atoms with van der Waals surface area (Å²) in [6.45, 7) is 5.06. The normalized spacial score (nSPS) is 17.6. The molecule has 1 atom stereocenters. The van der Waals surface area contributed by atoms with Gasteiger partial charge in [-0.25, -0.2) is 4.68 Å². The van der Waals surface area contributed by atoms with Gasteiger partial charge in [-0.15, -0.1) is 16.4 Å². The molecule has 8 nitrogen and oxygen atoms in total. The molecule has 1 amide bonds. The van der Waals surface area contributed by atoms with Gasteiger partial charge in [0.15, 0.2) is 11.5 Å². The van der Waals surface area contributed by atoms with Crippen LogP contribution in [0.1, 0.15) is 33.5 Å². The highest BCUT2D eigenvalue weighted by atomic mass is 32.1. The molecule has 0 radical (unpaired) electrons. The van der Waals surface area contributed by atoms with Crippen molar-refractivity contribution in [1.29, 1.82) is 0 Å². The first-order valence-corrected chi connectivity index (χ1v) is 8.55.